The van der Waals surface area contributed by atoms with Gasteiger partial charge in [-0.05, 0) is 25.8 Å². The summed E-state index contributed by atoms with van der Waals surface area (Å²) in [7, 11) is 2.05. The highest BCUT2D eigenvalue weighted by atomic mass is 15.3. The Labute approximate surface area is 119 Å². The number of rotatable bonds is 10. The number of nitrogens with zero attached hydrogens (tertiary/aromatic N) is 2. The maximum atomic E-state index is 4.70. The third-order valence-electron chi connectivity index (χ3n) is 4.11. The molecule has 110 valence electrons. The molecule has 0 aromatic carbocycles. The van der Waals surface area contributed by atoms with Crippen LogP contribution in [0, 0.1) is 6.92 Å². The van der Waals surface area contributed by atoms with Crippen LogP contribution < -0.4 is 0 Å². The smallest absolute Gasteiger partial charge is 0.0658 e. The lowest BCUT2D eigenvalue weighted by molar-refractivity contribution is 0.488. The molecule has 1 heterocycles. The van der Waals surface area contributed by atoms with E-state index in [1.807, 2.05) is 4.68 Å². The Morgan fingerprint density at radius 3 is 2.11 bits per heavy atom. The van der Waals surface area contributed by atoms with Gasteiger partial charge < -0.3 is 0 Å². The van der Waals surface area contributed by atoms with E-state index in [0.29, 0.717) is 5.92 Å². The number of hydrogen-bond donors (Lipinski definition) is 0. The van der Waals surface area contributed by atoms with E-state index in [4.69, 9.17) is 5.10 Å². The predicted octanol–water partition coefficient (Wildman–Crippen LogP) is 5.36. The lowest BCUT2D eigenvalue weighted by atomic mass is 9.92. The second-order valence-corrected chi connectivity index (χ2v) is 5.88. The molecule has 0 aliphatic heterocycles. The van der Waals surface area contributed by atoms with Crippen LogP contribution in [-0.2, 0) is 7.05 Å². The lowest BCUT2D eigenvalue weighted by Gasteiger charge is -2.14. The van der Waals surface area contributed by atoms with Crippen LogP contribution in [0.3, 0.4) is 0 Å². The van der Waals surface area contributed by atoms with Crippen LogP contribution in [0.15, 0.2) is 6.07 Å². The molecule has 0 amide bonds. The van der Waals surface area contributed by atoms with E-state index in [0.717, 1.165) is 0 Å². The number of aromatic nitrogens is 2. The molecular weight excluding hydrogens is 232 g/mol. The van der Waals surface area contributed by atoms with Crippen molar-refractivity contribution >= 4 is 0 Å². The molecule has 0 N–H and O–H groups in total. The third kappa shape index (κ3) is 5.80. The van der Waals surface area contributed by atoms with Crippen molar-refractivity contribution in [3.05, 3.63) is 17.5 Å². The zero-order valence-corrected chi connectivity index (χ0v) is 13.4. The summed E-state index contributed by atoms with van der Waals surface area (Å²) in [5, 5.41) is 4.70. The van der Waals surface area contributed by atoms with Crippen molar-refractivity contribution in [1.82, 2.24) is 9.78 Å². The summed E-state index contributed by atoms with van der Waals surface area (Å²) >= 11 is 0. The maximum Gasteiger partial charge on any atom is 0.0658 e. The molecule has 1 atom stereocenters. The average molecular weight is 264 g/mol. The van der Waals surface area contributed by atoms with Gasteiger partial charge in [-0.1, -0.05) is 58.8 Å². The molecule has 0 aliphatic rings. The van der Waals surface area contributed by atoms with E-state index in [-0.39, 0.29) is 0 Å². The second-order valence-electron chi connectivity index (χ2n) is 5.88. The van der Waals surface area contributed by atoms with Gasteiger partial charge in [0.25, 0.3) is 0 Å². The first-order valence-electron chi connectivity index (χ1n) is 8.19. The second kappa shape index (κ2) is 9.17. The highest BCUT2D eigenvalue weighted by Crippen LogP contribution is 2.27. The van der Waals surface area contributed by atoms with Crippen LogP contribution >= 0.6 is 0 Å². The highest BCUT2D eigenvalue weighted by Gasteiger charge is 2.15. The average Bonchev–Trinajstić information content (AvgIpc) is 2.72. The Kier molecular flexibility index (Phi) is 7.85. The van der Waals surface area contributed by atoms with Crippen LogP contribution in [0.1, 0.15) is 88.9 Å². The minimum Gasteiger partial charge on any atom is -0.273 e. The highest BCUT2D eigenvalue weighted by molar-refractivity contribution is 5.13. The predicted molar refractivity (Wildman–Crippen MR) is 83.6 cm³/mol. The molecule has 2 nitrogen and oxygen atoms in total. The van der Waals surface area contributed by atoms with Crippen LogP contribution in [0.25, 0.3) is 0 Å². The monoisotopic (exact) mass is 264 g/mol. The Morgan fingerprint density at radius 2 is 1.58 bits per heavy atom. The normalized spacial score (nSPS) is 12.8. The summed E-state index contributed by atoms with van der Waals surface area (Å²) in [6, 6.07) is 2.29. The molecule has 0 bridgehead atoms. The summed E-state index contributed by atoms with van der Waals surface area (Å²) < 4.78 is 2.02. The van der Waals surface area contributed by atoms with Gasteiger partial charge in [0.15, 0.2) is 0 Å². The first-order chi connectivity index (χ1) is 9.19. The van der Waals surface area contributed by atoms with E-state index in [1.165, 1.54) is 69.2 Å². The fraction of sp³-hybridized carbons (Fsp3) is 0.824. The first kappa shape index (κ1) is 16.3. The van der Waals surface area contributed by atoms with Crippen molar-refractivity contribution < 1.29 is 0 Å². The SMILES string of the molecule is CCCCCCC(CCCCC)c1cc(C)n(C)n1. The van der Waals surface area contributed by atoms with E-state index in [2.05, 4.69) is 33.9 Å². The molecular formula is C17H32N2. The molecule has 1 rings (SSSR count). The Hall–Kier alpha value is -0.790. The quantitative estimate of drug-likeness (QED) is 0.520. The van der Waals surface area contributed by atoms with Gasteiger partial charge in [0.2, 0.25) is 0 Å². The Balaban J connectivity index is 2.52. The largest absolute Gasteiger partial charge is 0.273 e. The fourth-order valence-corrected chi connectivity index (χ4v) is 2.69. The summed E-state index contributed by atoms with van der Waals surface area (Å²) in [4.78, 5) is 0. The Morgan fingerprint density at radius 1 is 1.00 bits per heavy atom. The van der Waals surface area contributed by atoms with Gasteiger partial charge in [-0.2, -0.15) is 5.10 Å². The molecule has 0 saturated carbocycles. The minimum absolute atomic E-state index is 0.684. The zero-order chi connectivity index (χ0) is 14.1. The van der Waals surface area contributed by atoms with Crippen LogP contribution in [-0.4, -0.2) is 9.78 Å². The van der Waals surface area contributed by atoms with E-state index >= 15 is 0 Å². The molecule has 0 radical (unpaired) electrons. The van der Waals surface area contributed by atoms with Crippen molar-refractivity contribution in [2.24, 2.45) is 7.05 Å². The van der Waals surface area contributed by atoms with Crippen molar-refractivity contribution in [3.8, 4) is 0 Å². The molecule has 2 heteroatoms. The molecule has 1 aromatic rings. The molecule has 1 aromatic heterocycles. The van der Waals surface area contributed by atoms with Gasteiger partial charge >= 0.3 is 0 Å². The minimum atomic E-state index is 0.684. The summed E-state index contributed by atoms with van der Waals surface area (Å²) in [5.41, 5.74) is 2.61. The van der Waals surface area contributed by atoms with E-state index < -0.39 is 0 Å². The fourth-order valence-electron chi connectivity index (χ4n) is 2.69. The van der Waals surface area contributed by atoms with Crippen molar-refractivity contribution in [2.45, 2.75) is 84.5 Å². The topological polar surface area (TPSA) is 17.8 Å². The summed E-state index contributed by atoms with van der Waals surface area (Å²) in [6.45, 7) is 6.71. The van der Waals surface area contributed by atoms with Gasteiger partial charge in [-0.25, -0.2) is 0 Å². The third-order valence-corrected chi connectivity index (χ3v) is 4.11. The summed E-state index contributed by atoms with van der Waals surface area (Å²) in [5.74, 6) is 0.684. The number of unbranched alkanes of at least 4 members (excludes halogenated alkanes) is 5. The molecule has 0 spiro atoms. The van der Waals surface area contributed by atoms with Gasteiger partial charge in [0.1, 0.15) is 0 Å². The molecule has 1 unspecified atom stereocenters. The van der Waals surface area contributed by atoms with Crippen molar-refractivity contribution in [1.29, 1.82) is 0 Å². The van der Waals surface area contributed by atoms with E-state index in [9.17, 15) is 0 Å². The van der Waals surface area contributed by atoms with Crippen LogP contribution in [0.2, 0.25) is 0 Å². The van der Waals surface area contributed by atoms with E-state index in [1.54, 1.807) is 0 Å². The molecule has 19 heavy (non-hydrogen) atoms. The first-order valence-corrected chi connectivity index (χ1v) is 8.19. The zero-order valence-electron chi connectivity index (χ0n) is 13.4. The van der Waals surface area contributed by atoms with Gasteiger partial charge in [-0.3, -0.25) is 4.68 Å². The summed E-state index contributed by atoms with van der Waals surface area (Å²) in [6.07, 6.45) is 12.1. The van der Waals surface area contributed by atoms with Gasteiger partial charge in [0, 0.05) is 18.7 Å². The lowest BCUT2D eigenvalue weighted by Crippen LogP contribution is -2.02. The van der Waals surface area contributed by atoms with Crippen LogP contribution in [0.4, 0.5) is 0 Å². The maximum absolute atomic E-state index is 4.70. The van der Waals surface area contributed by atoms with Crippen LogP contribution in [0.5, 0.6) is 0 Å². The molecule has 0 aliphatic carbocycles. The number of aryl methyl sites for hydroxylation is 2. The van der Waals surface area contributed by atoms with Gasteiger partial charge in [0.05, 0.1) is 5.69 Å². The standard InChI is InChI=1S/C17H32N2/c1-5-7-9-11-13-16(12-10-8-6-2)17-14-15(3)19(4)18-17/h14,16H,5-13H2,1-4H3. The molecule has 0 fully saturated rings. The molecule has 0 saturated heterocycles. The van der Waals surface area contributed by atoms with Crippen molar-refractivity contribution in [2.75, 3.05) is 0 Å². The van der Waals surface area contributed by atoms with Gasteiger partial charge in [-0.15, -0.1) is 0 Å². The number of hydrogen-bond acceptors (Lipinski definition) is 1. The van der Waals surface area contributed by atoms with Crippen molar-refractivity contribution in [3.63, 3.8) is 0 Å². The Bertz CT molecular complexity index is 322.